The van der Waals surface area contributed by atoms with Crippen molar-refractivity contribution in [3.8, 4) is 11.5 Å². The van der Waals surface area contributed by atoms with Gasteiger partial charge in [0.15, 0.2) is 5.58 Å². The molecule has 1 aromatic carbocycles. The van der Waals surface area contributed by atoms with Crippen molar-refractivity contribution in [2.24, 2.45) is 0 Å². The molecule has 0 bridgehead atoms. The number of oxazole rings is 1. The quantitative estimate of drug-likeness (QED) is 0.619. The highest BCUT2D eigenvalue weighted by Gasteiger charge is 2.07. The molecule has 0 radical (unpaired) electrons. The van der Waals surface area contributed by atoms with Crippen LogP contribution in [0.5, 0.6) is 0 Å². The summed E-state index contributed by atoms with van der Waals surface area (Å²) in [4.78, 5) is 8.49. The van der Waals surface area contributed by atoms with Crippen LogP contribution in [-0.2, 0) is 0 Å². The molecule has 3 heteroatoms. The Balaban J connectivity index is 2.19. The molecule has 0 spiro atoms. The number of aromatic nitrogens is 2. The second-order valence-electron chi connectivity index (χ2n) is 3.73. The first-order valence-electron chi connectivity index (χ1n) is 5.10. The fourth-order valence-electron chi connectivity index (χ4n) is 1.65. The van der Waals surface area contributed by atoms with Gasteiger partial charge >= 0.3 is 0 Å². The lowest BCUT2D eigenvalue weighted by atomic mass is 10.2. The monoisotopic (exact) mass is 210 g/mol. The fraction of sp³-hybridized carbons (Fsp3) is 0.0769. The van der Waals surface area contributed by atoms with Gasteiger partial charge in [-0.3, -0.25) is 4.98 Å². The molecule has 16 heavy (non-hydrogen) atoms. The third-order valence-electron chi connectivity index (χ3n) is 2.45. The number of nitrogens with zero attached hydrogens (tertiary/aromatic N) is 2. The highest BCUT2D eigenvalue weighted by molar-refractivity contribution is 5.76. The molecule has 0 unspecified atom stereocenters. The first-order valence-corrected chi connectivity index (χ1v) is 5.10. The predicted octanol–water partition coefficient (Wildman–Crippen LogP) is 3.20. The Kier molecular flexibility index (Phi) is 1.96. The number of aryl methyl sites for hydroxylation is 1. The van der Waals surface area contributed by atoms with Crippen molar-refractivity contribution in [3.05, 3.63) is 48.3 Å². The van der Waals surface area contributed by atoms with E-state index in [1.807, 2.05) is 37.3 Å². The van der Waals surface area contributed by atoms with Gasteiger partial charge in [0, 0.05) is 12.4 Å². The Morgan fingerprint density at radius 3 is 2.94 bits per heavy atom. The van der Waals surface area contributed by atoms with Crippen molar-refractivity contribution < 1.29 is 4.42 Å². The van der Waals surface area contributed by atoms with Crippen LogP contribution in [-0.4, -0.2) is 9.97 Å². The summed E-state index contributed by atoms with van der Waals surface area (Å²) in [6, 6.07) is 9.77. The van der Waals surface area contributed by atoms with Crippen molar-refractivity contribution in [2.75, 3.05) is 0 Å². The SMILES string of the molecule is Cc1ccc2oc(-c3cccnc3)nc2c1. The lowest BCUT2D eigenvalue weighted by Crippen LogP contribution is -1.77. The third-order valence-corrected chi connectivity index (χ3v) is 2.45. The minimum atomic E-state index is 0.619. The topological polar surface area (TPSA) is 38.9 Å². The largest absolute Gasteiger partial charge is 0.436 e. The van der Waals surface area contributed by atoms with Gasteiger partial charge < -0.3 is 4.42 Å². The highest BCUT2D eigenvalue weighted by atomic mass is 16.3. The third kappa shape index (κ3) is 1.46. The van der Waals surface area contributed by atoms with Crippen molar-refractivity contribution in [1.82, 2.24) is 9.97 Å². The summed E-state index contributed by atoms with van der Waals surface area (Å²) in [5.41, 5.74) is 3.78. The first-order chi connectivity index (χ1) is 7.83. The zero-order valence-electron chi connectivity index (χ0n) is 8.84. The van der Waals surface area contributed by atoms with Crippen LogP contribution in [0.2, 0.25) is 0 Å². The normalized spacial score (nSPS) is 10.8. The van der Waals surface area contributed by atoms with Crippen molar-refractivity contribution in [2.45, 2.75) is 6.92 Å². The molecule has 0 aliphatic carbocycles. The summed E-state index contributed by atoms with van der Waals surface area (Å²) >= 11 is 0. The standard InChI is InChI=1S/C13H10N2O/c1-9-4-5-12-11(7-9)15-13(16-12)10-3-2-6-14-8-10/h2-8H,1H3. The molecule has 0 N–H and O–H groups in total. The second kappa shape index (κ2) is 3.45. The average molecular weight is 210 g/mol. The van der Waals surface area contributed by atoms with Gasteiger partial charge in [-0.15, -0.1) is 0 Å². The Hall–Kier alpha value is -2.16. The van der Waals surface area contributed by atoms with Crippen molar-refractivity contribution in [3.63, 3.8) is 0 Å². The Labute approximate surface area is 92.8 Å². The molecule has 3 nitrogen and oxygen atoms in total. The minimum Gasteiger partial charge on any atom is -0.436 e. The van der Waals surface area contributed by atoms with Gasteiger partial charge in [0.05, 0.1) is 5.56 Å². The van der Waals surface area contributed by atoms with Crippen LogP contribution in [0.3, 0.4) is 0 Å². The van der Waals surface area contributed by atoms with Gasteiger partial charge in [-0.2, -0.15) is 0 Å². The molecule has 0 atom stereocenters. The molecule has 2 heterocycles. The molecular formula is C13H10N2O. The molecule has 0 saturated heterocycles. The van der Waals surface area contributed by atoms with E-state index in [9.17, 15) is 0 Å². The molecule has 0 aliphatic rings. The number of pyridine rings is 1. The number of hydrogen-bond acceptors (Lipinski definition) is 3. The summed E-state index contributed by atoms with van der Waals surface area (Å²) in [5.74, 6) is 0.619. The second-order valence-corrected chi connectivity index (χ2v) is 3.73. The molecule has 78 valence electrons. The zero-order valence-corrected chi connectivity index (χ0v) is 8.84. The first kappa shape index (κ1) is 9.09. The molecule has 0 aliphatic heterocycles. The number of hydrogen-bond donors (Lipinski definition) is 0. The molecule has 0 fully saturated rings. The Morgan fingerprint density at radius 1 is 1.19 bits per heavy atom. The Bertz CT molecular complexity index is 629. The summed E-state index contributed by atoms with van der Waals surface area (Å²) in [5, 5.41) is 0. The van der Waals surface area contributed by atoms with Crippen LogP contribution in [0.1, 0.15) is 5.56 Å². The van der Waals surface area contributed by atoms with Gasteiger partial charge in [-0.05, 0) is 36.8 Å². The number of benzene rings is 1. The maximum atomic E-state index is 5.66. The lowest BCUT2D eigenvalue weighted by Gasteiger charge is -1.90. The minimum absolute atomic E-state index is 0.619. The summed E-state index contributed by atoms with van der Waals surface area (Å²) in [6.45, 7) is 2.04. The van der Waals surface area contributed by atoms with E-state index in [0.29, 0.717) is 5.89 Å². The molecule has 0 saturated carbocycles. The molecular weight excluding hydrogens is 200 g/mol. The van der Waals surface area contributed by atoms with E-state index in [4.69, 9.17) is 4.42 Å². The lowest BCUT2D eigenvalue weighted by molar-refractivity contribution is 0.619. The smallest absolute Gasteiger partial charge is 0.228 e. The predicted molar refractivity (Wildman–Crippen MR) is 62.0 cm³/mol. The van der Waals surface area contributed by atoms with E-state index >= 15 is 0 Å². The van der Waals surface area contributed by atoms with Crippen molar-refractivity contribution >= 4 is 11.1 Å². The van der Waals surface area contributed by atoms with Gasteiger partial charge in [-0.1, -0.05) is 6.07 Å². The maximum absolute atomic E-state index is 5.66. The van der Waals surface area contributed by atoms with Gasteiger partial charge in [0.2, 0.25) is 5.89 Å². The Morgan fingerprint density at radius 2 is 2.12 bits per heavy atom. The average Bonchev–Trinajstić information content (AvgIpc) is 2.73. The van der Waals surface area contributed by atoms with E-state index < -0.39 is 0 Å². The molecule has 3 aromatic rings. The van der Waals surface area contributed by atoms with Crippen LogP contribution in [0.4, 0.5) is 0 Å². The summed E-state index contributed by atoms with van der Waals surface area (Å²) in [7, 11) is 0. The zero-order chi connectivity index (χ0) is 11.0. The van der Waals surface area contributed by atoms with Crippen LogP contribution < -0.4 is 0 Å². The number of fused-ring (bicyclic) bond motifs is 1. The number of rotatable bonds is 1. The van der Waals surface area contributed by atoms with E-state index in [2.05, 4.69) is 9.97 Å². The van der Waals surface area contributed by atoms with E-state index in [0.717, 1.165) is 16.7 Å². The maximum Gasteiger partial charge on any atom is 0.228 e. The van der Waals surface area contributed by atoms with Crippen molar-refractivity contribution in [1.29, 1.82) is 0 Å². The van der Waals surface area contributed by atoms with Crippen LogP contribution in [0.15, 0.2) is 47.1 Å². The van der Waals surface area contributed by atoms with Crippen LogP contribution in [0.25, 0.3) is 22.6 Å². The van der Waals surface area contributed by atoms with Gasteiger partial charge in [0.1, 0.15) is 5.52 Å². The summed E-state index contributed by atoms with van der Waals surface area (Å²) in [6.07, 6.45) is 3.48. The molecule has 2 aromatic heterocycles. The van der Waals surface area contributed by atoms with E-state index in [1.165, 1.54) is 5.56 Å². The van der Waals surface area contributed by atoms with Gasteiger partial charge in [-0.25, -0.2) is 4.98 Å². The van der Waals surface area contributed by atoms with E-state index in [1.54, 1.807) is 12.4 Å². The molecule has 3 rings (SSSR count). The van der Waals surface area contributed by atoms with E-state index in [-0.39, 0.29) is 0 Å². The highest BCUT2D eigenvalue weighted by Crippen LogP contribution is 2.23. The fourth-order valence-corrected chi connectivity index (χ4v) is 1.65. The summed E-state index contributed by atoms with van der Waals surface area (Å²) < 4.78 is 5.66. The van der Waals surface area contributed by atoms with Crippen LogP contribution >= 0.6 is 0 Å². The molecule has 0 amide bonds. The van der Waals surface area contributed by atoms with Crippen LogP contribution in [0, 0.1) is 6.92 Å². The van der Waals surface area contributed by atoms with Gasteiger partial charge in [0.25, 0.3) is 0 Å².